The fourth-order valence-electron chi connectivity index (χ4n) is 2.04. The fraction of sp³-hybridized carbons (Fsp3) is 0.154. The monoisotopic (exact) mass is 243 g/mol. The first-order valence-electron chi connectivity index (χ1n) is 5.47. The van der Waals surface area contributed by atoms with Crippen LogP contribution in [0.4, 0.5) is 0 Å². The predicted molar refractivity (Wildman–Crippen MR) is 67.6 cm³/mol. The molecule has 2 aromatic heterocycles. The van der Waals surface area contributed by atoms with Gasteiger partial charge < -0.3 is 0 Å². The van der Waals surface area contributed by atoms with E-state index in [1.165, 1.54) is 11.1 Å². The van der Waals surface area contributed by atoms with Gasteiger partial charge in [0.15, 0.2) is 0 Å². The summed E-state index contributed by atoms with van der Waals surface area (Å²) < 4.78 is 0. The first kappa shape index (κ1) is 10.4. The van der Waals surface area contributed by atoms with Crippen LogP contribution in [0.2, 0.25) is 5.28 Å². The average Bonchev–Trinajstić information content (AvgIpc) is 2.38. The maximum atomic E-state index is 5.82. The van der Waals surface area contributed by atoms with Crippen molar-refractivity contribution in [2.75, 3.05) is 0 Å². The lowest BCUT2D eigenvalue weighted by molar-refractivity contribution is 0.970. The molecule has 17 heavy (non-hydrogen) atoms. The number of aryl methyl sites for hydroxylation is 1. The van der Waals surface area contributed by atoms with Crippen molar-refractivity contribution in [2.45, 2.75) is 12.8 Å². The molecule has 2 heterocycles. The summed E-state index contributed by atoms with van der Waals surface area (Å²) in [6, 6.07) is 1.85. The van der Waals surface area contributed by atoms with Crippen LogP contribution in [-0.2, 0) is 6.42 Å². The van der Waals surface area contributed by atoms with Crippen LogP contribution in [-0.4, -0.2) is 15.0 Å². The summed E-state index contributed by atoms with van der Waals surface area (Å²) in [4.78, 5) is 12.4. The van der Waals surface area contributed by atoms with Crippen LogP contribution in [0.5, 0.6) is 0 Å². The van der Waals surface area contributed by atoms with Gasteiger partial charge in [0.05, 0.1) is 5.69 Å². The van der Waals surface area contributed by atoms with E-state index in [4.69, 9.17) is 11.6 Å². The van der Waals surface area contributed by atoms with Crippen molar-refractivity contribution in [3.63, 3.8) is 0 Å². The van der Waals surface area contributed by atoms with Crippen molar-refractivity contribution in [3.8, 4) is 11.3 Å². The van der Waals surface area contributed by atoms with E-state index < -0.39 is 0 Å². The highest BCUT2D eigenvalue weighted by Crippen LogP contribution is 2.28. The van der Waals surface area contributed by atoms with Gasteiger partial charge in [-0.05, 0) is 41.6 Å². The Bertz CT molecular complexity index is 593. The van der Waals surface area contributed by atoms with Crippen LogP contribution in [0.1, 0.15) is 17.5 Å². The molecule has 1 aliphatic carbocycles. The number of nitrogens with zero attached hydrogens (tertiary/aromatic N) is 3. The van der Waals surface area contributed by atoms with Crippen molar-refractivity contribution >= 4 is 17.7 Å². The molecule has 3 nitrogen and oxygen atoms in total. The van der Waals surface area contributed by atoms with Crippen molar-refractivity contribution in [1.29, 1.82) is 0 Å². The maximum Gasteiger partial charge on any atom is 0.222 e. The van der Waals surface area contributed by atoms with Gasteiger partial charge in [-0.3, -0.25) is 4.98 Å². The van der Waals surface area contributed by atoms with E-state index in [1.807, 2.05) is 18.5 Å². The Morgan fingerprint density at radius 3 is 3.06 bits per heavy atom. The Labute approximate surface area is 104 Å². The molecule has 0 bridgehead atoms. The fourth-order valence-corrected chi connectivity index (χ4v) is 2.19. The van der Waals surface area contributed by atoms with Gasteiger partial charge in [0.25, 0.3) is 0 Å². The lowest BCUT2D eigenvalue weighted by Crippen LogP contribution is -1.99. The maximum absolute atomic E-state index is 5.82. The van der Waals surface area contributed by atoms with E-state index in [0.29, 0.717) is 0 Å². The molecule has 3 rings (SSSR count). The number of rotatable bonds is 1. The number of allylic oxidation sites excluding steroid dienone is 1. The third-order valence-corrected chi connectivity index (χ3v) is 3.02. The number of halogens is 1. The molecule has 0 radical (unpaired) electrons. The molecule has 0 spiro atoms. The van der Waals surface area contributed by atoms with E-state index in [-0.39, 0.29) is 5.28 Å². The van der Waals surface area contributed by atoms with Gasteiger partial charge in [0, 0.05) is 24.2 Å². The topological polar surface area (TPSA) is 38.7 Å². The van der Waals surface area contributed by atoms with E-state index in [2.05, 4.69) is 27.1 Å². The standard InChI is InChI=1S/C13H10ClN3/c14-13-16-6-5-12(17-13)11-8-15-7-9-3-1-2-4-10(9)11/h2,4-8H,1,3H2. The number of hydrogen-bond acceptors (Lipinski definition) is 3. The zero-order chi connectivity index (χ0) is 11.7. The van der Waals surface area contributed by atoms with Crippen LogP contribution in [0.15, 0.2) is 30.7 Å². The van der Waals surface area contributed by atoms with Crippen LogP contribution < -0.4 is 0 Å². The van der Waals surface area contributed by atoms with Gasteiger partial charge in [-0.15, -0.1) is 0 Å². The van der Waals surface area contributed by atoms with E-state index in [0.717, 1.165) is 24.1 Å². The van der Waals surface area contributed by atoms with Gasteiger partial charge in [0.1, 0.15) is 0 Å². The average molecular weight is 244 g/mol. The lowest BCUT2D eigenvalue weighted by atomic mass is 9.94. The Balaban J connectivity index is 2.19. The Morgan fingerprint density at radius 2 is 2.18 bits per heavy atom. The second-order valence-corrected chi connectivity index (χ2v) is 4.25. The van der Waals surface area contributed by atoms with Crippen molar-refractivity contribution < 1.29 is 0 Å². The number of hydrogen-bond donors (Lipinski definition) is 0. The molecular formula is C13H10ClN3. The smallest absolute Gasteiger partial charge is 0.222 e. The molecule has 0 saturated carbocycles. The van der Waals surface area contributed by atoms with E-state index in [9.17, 15) is 0 Å². The molecular weight excluding hydrogens is 234 g/mol. The first-order valence-corrected chi connectivity index (χ1v) is 5.85. The summed E-state index contributed by atoms with van der Waals surface area (Å²) in [6.07, 6.45) is 11.8. The predicted octanol–water partition coefficient (Wildman–Crippen LogP) is 3.15. The Kier molecular flexibility index (Phi) is 2.61. The summed E-state index contributed by atoms with van der Waals surface area (Å²) in [5, 5.41) is 0.264. The SMILES string of the molecule is Clc1nccc(-c2cncc3c2C=CCC3)n1. The molecule has 0 amide bonds. The quantitative estimate of drug-likeness (QED) is 0.723. The summed E-state index contributed by atoms with van der Waals surface area (Å²) >= 11 is 5.82. The van der Waals surface area contributed by atoms with Crippen LogP contribution in [0, 0.1) is 0 Å². The number of aromatic nitrogens is 3. The Hall–Kier alpha value is -1.74. The molecule has 0 aliphatic heterocycles. The zero-order valence-corrected chi connectivity index (χ0v) is 9.85. The van der Waals surface area contributed by atoms with E-state index in [1.54, 1.807) is 6.20 Å². The van der Waals surface area contributed by atoms with Crippen molar-refractivity contribution in [3.05, 3.63) is 47.1 Å². The minimum Gasteiger partial charge on any atom is -0.264 e. The normalized spacial score (nSPS) is 13.5. The molecule has 1 aliphatic rings. The summed E-state index contributed by atoms with van der Waals surface area (Å²) in [5.41, 5.74) is 4.30. The molecule has 84 valence electrons. The molecule has 0 aromatic carbocycles. The van der Waals surface area contributed by atoms with Gasteiger partial charge in [0.2, 0.25) is 5.28 Å². The molecule has 2 aromatic rings. The molecule has 0 unspecified atom stereocenters. The van der Waals surface area contributed by atoms with Crippen molar-refractivity contribution in [1.82, 2.24) is 15.0 Å². The second kappa shape index (κ2) is 4.26. The largest absolute Gasteiger partial charge is 0.264 e. The lowest BCUT2D eigenvalue weighted by Gasteiger charge is -2.13. The van der Waals surface area contributed by atoms with Crippen LogP contribution in [0.25, 0.3) is 17.3 Å². The summed E-state index contributed by atoms with van der Waals surface area (Å²) in [5.74, 6) is 0. The number of fused-ring (bicyclic) bond motifs is 1. The third-order valence-electron chi connectivity index (χ3n) is 2.84. The second-order valence-electron chi connectivity index (χ2n) is 3.91. The minimum absolute atomic E-state index is 0.264. The molecule has 0 atom stereocenters. The van der Waals surface area contributed by atoms with Crippen LogP contribution >= 0.6 is 11.6 Å². The number of pyridine rings is 1. The van der Waals surface area contributed by atoms with Crippen molar-refractivity contribution in [2.24, 2.45) is 0 Å². The summed E-state index contributed by atoms with van der Waals surface area (Å²) in [7, 11) is 0. The summed E-state index contributed by atoms with van der Waals surface area (Å²) in [6.45, 7) is 0. The highest BCUT2D eigenvalue weighted by atomic mass is 35.5. The molecule has 4 heteroatoms. The van der Waals surface area contributed by atoms with Gasteiger partial charge in [-0.25, -0.2) is 9.97 Å². The highest BCUT2D eigenvalue weighted by Gasteiger charge is 2.12. The molecule has 0 fully saturated rings. The van der Waals surface area contributed by atoms with Gasteiger partial charge >= 0.3 is 0 Å². The highest BCUT2D eigenvalue weighted by molar-refractivity contribution is 6.28. The zero-order valence-electron chi connectivity index (χ0n) is 9.10. The van der Waals surface area contributed by atoms with Crippen LogP contribution in [0.3, 0.4) is 0 Å². The van der Waals surface area contributed by atoms with E-state index >= 15 is 0 Å². The Morgan fingerprint density at radius 1 is 1.24 bits per heavy atom. The minimum atomic E-state index is 0.264. The molecule has 0 saturated heterocycles. The molecule has 0 N–H and O–H groups in total. The third kappa shape index (κ3) is 1.94. The van der Waals surface area contributed by atoms with Gasteiger partial charge in [-0.2, -0.15) is 0 Å². The van der Waals surface area contributed by atoms with Gasteiger partial charge in [-0.1, -0.05) is 12.2 Å². The first-order chi connectivity index (χ1) is 8.34.